The molecule has 0 unspecified atom stereocenters. The molecule has 1 amide bonds. The predicted octanol–water partition coefficient (Wildman–Crippen LogP) is 1.65. The van der Waals surface area contributed by atoms with Crippen LogP contribution in [-0.2, 0) is 20.7 Å². The van der Waals surface area contributed by atoms with Crippen molar-refractivity contribution in [3.05, 3.63) is 29.8 Å². The molecule has 1 aromatic carbocycles. The fraction of sp³-hybridized carbons (Fsp3) is 0.619. The second-order valence-electron chi connectivity index (χ2n) is 7.53. The van der Waals surface area contributed by atoms with Gasteiger partial charge in [0.2, 0.25) is 5.91 Å². The predicted molar refractivity (Wildman–Crippen MR) is 104 cm³/mol. The number of nitrogens with zero attached hydrogens (tertiary/aromatic N) is 2. The van der Waals surface area contributed by atoms with Crippen LogP contribution < -0.4 is 4.74 Å². The van der Waals surface area contributed by atoms with Gasteiger partial charge in [0.25, 0.3) is 0 Å². The number of rotatable bonds is 7. The number of methoxy groups -OCH3 is 1. The van der Waals surface area contributed by atoms with E-state index in [2.05, 4.69) is 4.90 Å². The molecule has 2 aliphatic rings. The van der Waals surface area contributed by atoms with E-state index in [4.69, 9.17) is 14.6 Å². The summed E-state index contributed by atoms with van der Waals surface area (Å²) < 4.78 is 10.8. The highest BCUT2D eigenvalue weighted by Gasteiger charge is 2.35. The lowest BCUT2D eigenvalue weighted by Gasteiger charge is -2.45. The van der Waals surface area contributed by atoms with Gasteiger partial charge in [-0.15, -0.1) is 0 Å². The number of aliphatic carboxylic acids is 1. The van der Waals surface area contributed by atoms with E-state index in [1.54, 1.807) is 7.11 Å². The first-order chi connectivity index (χ1) is 13.6. The van der Waals surface area contributed by atoms with Crippen molar-refractivity contribution in [3.8, 4) is 5.75 Å². The van der Waals surface area contributed by atoms with Gasteiger partial charge in [0.05, 0.1) is 26.7 Å². The highest BCUT2D eigenvalue weighted by molar-refractivity contribution is 5.79. The van der Waals surface area contributed by atoms with Crippen LogP contribution in [0.2, 0.25) is 0 Å². The minimum absolute atomic E-state index is 0.0743. The van der Waals surface area contributed by atoms with Gasteiger partial charge in [-0.25, -0.2) is 0 Å². The molecule has 2 saturated heterocycles. The molecular weight excluding hydrogens is 360 g/mol. The highest BCUT2D eigenvalue weighted by atomic mass is 16.5. The Kier molecular flexibility index (Phi) is 7.28. The number of carboxylic acids is 1. The van der Waals surface area contributed by atoms with Gasteiger partial charge in [-0.1, -0.05) is 18.2 Å². The first-order valence-electron chi connectivity index (χ1n) is 10.0. The Bertz CT molecular complexity index is 675. The third kappa shape index (κ3) is 5.23. The summed E-state index contributed by atoms with van der Waals surface area (Å²) in [5, 5.41) is 9.14. The van der Waals surface area contributed by atoms with Gasteiger partial charge in [-0.3, -0.25) is 14.5 Å². The van der Waals surface area contributed by atoms with Gasteiger partial charge >= 0.3 is 5.97 Å². The maximum atomic E-state index is 12.9. The smallest absolute Gasteiger partial charge is 0.303 e. The summed E-state index contributed by atoms with van der Waals surface area (Å²) in [5.74, 6) is 0.189. The molecule has 1 N–H and O–H groups in total. The fourth-order valence-corrected chi connectivity index (χ4v) is 4.35. The number of morpholine rings is 1. The number of piperidine rings is 1. The van der Waals surface area contributed by atoms with Crippen LogP contribution in [0.1, 0.15) is 24.8 Å². The van der Waals surface area contributed by atoms with Crippen LogP contribution in [0.15, 0.2) is 24.3 Å². The van der Waals surface area contributed by atoms with Crippen LogP contribution in [0.3, 0.4) is 0 Å². The Labute approximate surface area is 166 Å². The fourth-order valence-electron chi connectivity index (χ4n) is 4.35. The van der Waals surface area contributed by atoms with Crippen molar-refractivity contribution in [1.29, 1.82) is 0 Å². The summed E-state index contributed by atoms with van der Waals surface area (Å²) >= 11 is 0. The Hall–Kier alpha value is -2.12. The van der Waals surface area contributed by atoms with Crippen LogP contribution in [0.5, 0.6) is 5.75 Å². The molecule has 0 bridgehead atoms. The third-order valence-electron chi connectivity index (χ3n) is 5.82. The summed E-state index contributed by atoms with van der Waals surface area (Å²) in [7, 11) is 1.61. The van der Waals surface area contributed by atoms with Crippen LogP contribution in [-0.4, -0.2) is 79.3 Å². The normalized spacial score (nSPS) is 23.4. The second-order valence-corrected chi connectivity index (χ2v) is 7.53. The standard InChI is InChI=1S/C21H30N2O5/c1-27-19-5-3-2-4-16(19)14-20(24)23-9-8-18(22-10-12-28-13-11-22)17(15-23)6-7-21(25)26/h2-5,17-18H,6-15H2,1H3,(H,25,26)/t17-,18+/m1/s1. The monoisotopic (exact) mass is 390 g/mol. The van der Waals surface area contributed by atoms with Crippen LogP contribution >= 0.6 is 0 Å². The molecule has 7 heteroatoms. The Morgan fingerprint density at radius 1 is 1.21 bits per heavy atom. The number of amides is 1. The van der Waals surface area contributed by atoms with Crippen molar-refractivity contribution in [2.24, 2.45) is 5.92 Å². The number of carbonyl (C=O) groups excluding carboxylic acids is 1. The maximum absolute atomic E-state index is 12.9. The zero-order chi connectivity index (χ0) is 19.9. The lowest BCUT2D eigenvalue weighted by molar-refractivity contribution is -0.138. The lowest BCUT2D eigenvalue weighted by atomic mass is 9.86. The largest absolute Gasteiger partial charge is 0.496 e. The number of benzene rings is 1. The van der Waals surface area contributed by atoms with E-state index in [0.717, 1.165) is 44.0 Å². The molecule has 28 heavy (non-hydrogen) atoms. The molecule has 0 spiro atoms. The molecule has 2 fully saturated rings. The van der Waals surface area contributed by atoms with Crippen LogP contribution in [0.25, 0.3) is 0 Å². The van der Waals surface area contributed by atoms with E-state index in [1.807, 2.05) is 29.2 Å². The second kappa shape index (κ2) is 9.89. The van der Waals surface area contributed by atoms with Crippen LogP contribution in [0, 0.1) is 5.92 Å². The number of hydrogen-bond acceptors (Lipinski definition) is 5. The minimum Gasteiger partial charge on any atom is -0.496 e. The third-order valence-corrected chi connectivity index (χ3v) is 5.82. The number of carboxylic acid groups (broad SMARTS) is 1. The van der Waals surface area contributed by atoms with Crippen molar-refractivity contribution in [1.82, 2.24) is 9.80 Å². The molecule has 2 heterocycles. The van der Waals surface area contributed by atoms with Gasteiger partial charge in [-0.2, -0.15) is 0 Å². The summed E-state index contributed by atoms with van der Waals surface area (Å²) in [5.41, 5.74) is 0.882. The Balaban J connectivity index is 1.66. The van der Waals surface area contributed by atoms with Gasteiger partial charge in [0, 0.05) is 44.2 Å². The Morgan fingerprint density at radius 3 is 2.68 bits per heavy atom. The molecule has 154 valence electrons. The lowest BCUT2D eigenvalue weighted by Crippen LogP contribution is -2.55. The molecule has 1 aromatic rings. The molecule has 0 aromatic heterocycles. The van der Waals surface area contributed by atoms with Gasteiger partial charge in [0.1, 0.15) is 5.75 Å². The van der Waals surface area contributed by atoms with Crippen molar-refractivity contribution < 1.29 is 24.2 Å². The molecule has 7 nitrogen and oxygen atoms in total. The number of ether oxygens (including phenoxy) is 2. The minimum atomic E-state index is -0.779. The molecule has 0 radical (unpaired) electrons. The first-order valence-corrected chi connectivity index (χ1v) is 10.0. The first kappa shape index (κ1) is 20.6. The SMILES string of the molecule is COc1ccccc1CC(=O)N1CC[C@H](N2CCOCC2)[C@H](CCC(=O)O)C1. The zero-order valence-corrected chi connectivity index (χ0v) is 16.5. The zero-order valence-electron chi connectivity index (χ0n) is 16.5. The quantitative estimate of drug-likeness (QED) is 0.763. The van der Waals surface area contributed by atoms with Crippen molar-refractivity contribution in [3.63, 3.8) is 0 Å². The Morgan fingerprint density at radius 2 is 1.96 bits per heavy atom. The summed E-state index contributed by atoms with van der Waals surface area (Å²) in [6.45, 7) is 4.52. The van der Waals surface area contributed by atoms with Crippen molar-refractivity contribution >= 4 is 11.9 Å². The topological polar surface area (TPSA) is 79.3 Å². The van der Waals surface area contributed by atoms with E-state index in [-0.39, 0.29) is 18.2 Å². The highest BCUT2D eigenvalue weighted by Crippen LogP contribution is 2.28. The number of likely N-dealkylation sites (tertiary alicyclic amines) is 1. The van der Waals surface area contributed by atoms with E-state index < -0.39 is 5.97 Å². The number of para-hydroxylation sites is 1. The van der Waals surface area contributed by atoms with Gasteiger partial charge in [-0.05, 0) is 24.8 Å². The number of carbonyl (C=O) groups is 2. The molecular formula is C21H30N2O5. The van der Waals surface area contributed by atoms with E-state index in [9.17, 15) is 9.59 Å². The molecule has 2 atom stereocenters. The van der Waals surface area contributed by atoms with Crippen molar-refractivity contribution in [2.75, 3.05) is 46.5 Å². The molecule has 0 aliphatic carbocycles. The van der Waals surface area contributed by atoms with Crippen molar-refractivity contribution in [2.45, 2.75) is 31.7 Å². The molecule has 2 aliphatic heterocycles. The summed E-state index contributed by atoms with van der Waals surface area (Å²) in [4.78, 5) is 28.4. The molecule has 0 saturated carbocycles. The van der Waals surface area contributed by atoms with Gasteiger partial charge < -0.3 is 19.5 Å². The maximum Gasteiger partial charge on any atom is 0.303 e. The summed E-state index contributed by atoms with van der Waals surface area (Å²) in [6, 6.07) is 7.90. The van der Waals surface area contributed by atoms with E-state index in [1.165, 1.54) is 0 Å². The average Bonchev–Trinajstić information content (AvgIpc) is 2.73. The van der Waals surface area contributed by atoms with E-state index in [0.29, 0.717) is 32.0 Å². The number of hydrogen-bond donors (Lipinski definition) is 1. The average molecular weight is 390 g/mol. The summed E-state index contributed by atoms with van der Waals surface area (Å²) in [6.07, 6.45) is 1.91. The van der Waals surface area contributed by atoms with E-state index >= 15 is 0 Å². The van der Waals surface area contributed by atoms with Crippen LogP contribution in [0.4, 0.5) is 0 Å². The molecule has 3 rings (SSSR count). The van der Waals surface area contributed by atoms with Gasteiger partial charge in [0.15, 0.2) is 0 Å².